The molecule has 124 valence electrons. The lowest BCUT2D eigenvalue weighted by Crippen LogP contribution is -2.45. The fraction of sp³-hybridized carbons (Fsp3) is 0.353. The lowest BCUT2D eigenvalue weighted by atomic mass is 10.1. The molecule has 2 aromatic heterocycles. The Hall–Kier alpha value is -2.67. The number of carbonyl (C=O) groups is 1. The van der Waals surface area contributed by atoms with Crippen molar-refractivity contribution in [3.8, 4) is 0 Å². The summed E-state index contributed by atoms with van der Waals surface area (Å²) in [6.45, 7) is 3.82. The molecule has 4 rings (SSSR count). The van der Waals surface area contributed by atoms with Crippen LogP contribution in [0.4, 0.5) is 0 Å². The Morgan fingerprint density at radius 3 is 3.08 bits per heavy atom. The maximum Gasteiger partial charge on any atom is 0.243 e. The molecule has 1 fully saturated rings. The van der Waals surface area contributed by atoms with Crippen molar-refractivity contribution >= 4 is 16.9 Å². The molecule has 1 saturated heterocycles. The first-order chi connectivity index (χ1) is 11.7. The van der Waals surface area contributed by atoms with Gasteiger partial charge in [-0.3, -0.25) is 9.89 Å². The minimum atomic E-state index is -0.121. The summed E-state index contributed by atoms with van der Waals surface area (Å²) in [4.78, 5) is 19.4. The fourth-order valence-electron chi connectivity index (χ4n) is 3.23. The SMILES string of the molecule is Cc1nc2ccccc2n1CC(=O)N1CCOCC1c1ccn[nH]1. The van der Waals surface area contributed by atoms with Crippen molar-refractivity contribution in [2.45, 2.75) is 19.5 Å². The number of benzene rings is 1. The van der Waals surface area contributed by atoms with Crippen LogP contribution in [0.2, 0.25) is 0 Å². The lowest BCUT2D eigenvalue weighted by Gasteiger charge is -2.35. The van der Waals surface area contributed by atoms with Gasteiger partial charge < -0.3 is 14.2 Å². The summed E-state index contributed by atoms with van der Waals surface area (Å²) in [5.74, 6) is 0.903. The van der Waals surface area contributed by atoms with Crippen LogP contribution in [0.15, 0.2) is 36.5 Å². The van der Waals surface area contributed by atoms with Gasteiger partial charge in [0.1, 0.15) is 12.4 Å². The number of H-pyrrole nitrogens is 1. The smallest absolute Gasteiger partial charge is 0.243 e. The highest BCUT2D eigenvalue weighted by molar-refractivity contribution is 5.81. The summed E-state index contributed by atoms with van der Waals surface area (Å²) in [5, 5.41) is 6.94. The summed E-state index contributed by atoms with van der Waals surface area (Å²) in [7, 11) is 0. The van der Waals surface area contributed by atoms with Crippen LogP contribution in [0.25, 0.3) is 11.0 Å². The topological polar surface area (TPSA) is 76.0 Å². The van der Waals surface area contributed by atoms with Crippen molar-refractivity contribution in [2.75, 3.05) is 19.8 Å². The van der Waals surface area contributed by atoms with Crippen LogP contribution >= 0.6 is 0 Å². The summed E-state index contributed by atoms with van der Waals surface area (Å²) in [5.41, 5.74) is 2.79. The van der Waals surface area contributed by atoms with Crippen molar-refractivity contribution in [2.24, 2.45) is 0 Å². The van der Waals surface area contributed by atoms with Gasteiger partial charge in [-0.25, -0.2) is 4.98 Å². The molecule has 1 aliphatic heterocycles. The molecule has 0 spiro atoms. The zero-order valence-corrected chi connectivity index (χ0v) is 13.5. The van der Waals surface area contributed by atoms with Crippen LogP contribution in [0, 0.1) is 6.92 Å². The fourth-order valence-corrected chi connectivity index (χ4v) is 3.23. The number of hydrogen-bond acceptors (Lipinski definition) is 4. The van der Waals surface area contributed by atoms with Gasteiger partial charge in [-0.2, -0.15) is 5.10 Å². The zero-order valence-electron chi connectivity index (χ0n) is 13.5. The van der Waals surface area contributed by atoms with E-state index in [0.29, 0.717) is 19.8 Å². The minimum Gasteiger partial charge on any atom is -0.377 e. The average Bonchev–Trinajstić information content (AvgIpc) is 3.24. The van der Waals surface area contributed by atoms with Gasteiger partial charge in [0, 0.05) is 12.7 Å². The summed E-state index contributed by atoms with van der Waals surface area (Å²) in [6, 6.07) is 9.64. The number of morpholine rings is 1. The Morgan fingerprint density at radius 2 is 2.25 bits per heavy atom. The normalized spacial score (nSPS) is 18.2. The molecular weight excluding hydrogens is 306 g/mol. The quantitative estimate of drug-likeness (QED) is 0.795. The Kier molecular flexibility index (Phi) is 3.78. The van der Waals surface area contributed by atoms with Gasteiger partial charge in [-0.15, -0.1) is 0 Å². The van der Waals surface area contributed by atoms with Gasteiger partial charge in [0.2, 0.25) is 5.91 Å². The number of fused-ring (bicyclic) bond motifs is 1. The maximum absolute atomic E-state index is 13.0. The average molecular weight is 325 g/mol. The molecule has 1 aliphatic rings. The first kappa shape index (κ1) is 14.9. The summed E-state index contributed by atoms with van der Waals surface area (Å²) in [6.07, 6.45) is 1.69. The van der Waals surface area contributed by atoms with E-state index in [2.05, 4.69) is 15.2 Å². The second kappa shape index (κ2) is 6.09. The maximum atomic E-state index is 13.0. The van der Waals surface area contributed by atoms with Gasteiger partial charge in [0.15, 0.2) is 0 Å². The number of hydrogen-bond donors (Lipinski definition) is 1. The molecule has 1 amide bonds. The number of ether oxygens (including phenoxy) is 1. The molecule has 1 unspecified atom stereocenters. The highest BCUT2D eigenvalue weighted by atomic mass is 16.5. The molecule has 1 aromatic carbocycles. The van der Waals surface area contributed by atoms with Crippen LogP contribution in [0.5, 0.6) is 0 Å². The number of aromatic nitrogens is 4. The van der Waals surface area contributed by atoms with E-state index in [1.54, 1.807) is 6.20 Å². The zero-order chi connectivity index (χ0) is 16.5. The second-order valence-corrected chi connectivity index (χ2v) is 5.92. The molecule has 0 radical (unpaired) electrons. The second-order valence-electron chi connectivity index (χ2n) is 5.92. The first-order valence-electron chi connectivity index (χ1n) is 8.02. The highest BCUT2D eigenvalue weighted by Gasteiger charge is 2.30. The number of aromatic amines is 1. The Bertz CT molecular complexity index is 855. The standard InChI is InChI=1S/C17H19N5O2/c1-12-19-13-4-2-3-5-15(13)22(12)10-17(23)21-8-9-24-11-16(21)14-6-7-18-20-14/h2-7,16H,8-11H2,1H3,(H,18,20). The number of rotatable bonds is 3. The molecule has 7 nitrogen and oxygen atoms in total. The van der Waals surface area contributed by atoms with Crippen LogP contribution in [-0.2, 0) is 16.1 Å². The van der Waals surface area contributed by atoms with Gasteiger partial charge in [-0.05, 0) is 25.1 Å². The Morgan fingerprint density at radius 1 is 1.38 bits per heavy atom. The molecule has 24 heavy (non-hydrogen) atoms. The number of para-hydroxylation sites is 2. The predicted molar refractivity (Wildman–Crippen MR) is 88.3 cm³/mol. The molecule has 0 aliphatic carbocycles. The number of imidazole rings is 1. The predicted octanol–water partition coefficient (Wildman–Crippen LogP) is 1.67. The van der Waals surface area contributed by atoms with E-state index in [-0.39, 0.29) is 18.5 Å². The molecule has 3 aromatic rings. The summed E-state index contributed by atoms with van der Waals surface area (Å²) < 4.78 is 7.52. The first-order valence-corrected chi connectivity index (χ1v) is 8.02. The molecule has 0 saturated carbocycles. The largest absolute Gasteiger partial charge is 0.377 e. The monoisotopic (exact) mass is 325 g/mol. The number of nitrogens with one attached hydrogen (secondary N) is 1. The van der Waals surface area contributed by atoms with E-state index >= 15 is 0 Å². The molecule has 1 atom stereocenters. The van der Waals surface area contributed by atoms with Crippen LogP contribution in [-0.4, -0.2) is 50.3 Å². The van der Waals surface area contributed by atoms with Gasteiger partial charge in [0.05, 0.1) is 36.0 Å². The number of amides is 1. The lowest BCUT2D eigenvalue weighted by molar-refractivity contribution is -0.141. The van der Waals surface area contributed by atoms with Crippen LogP contribution in [0.3, 0.4) is 0 Å². The van der Waals surface area contributed by atoms with E-state index in [4.69, 9.17) is 4.74 Å². The van der Waals surface area contributed by atoms with E-state index < -0.39 is 0 Å². The third-order valence-electron chi connectivity index (χ3n) is 4.47. The van der Waals surface area contributed by atoms with E-state index in [0.717, 1.165) is 22.6 Å². The van der Waals surface area contributed by atoms with Gasteiger partial charge in [-0.1, -0.05) is 12.1 Å². The summed E-state index contributed by atoms with van der Waals surface area (Å²) >= 11 is 0. The van der Waals surface area contributed by atoms with Crippen LogP contribution in [0.1, 0.15) is 17.6 Å². The Labute approximate surface area is 139 Å². The van der Waals surface area contributed by atoms with Crippen molar-refractivity contribution in [1.82, 2.24) is 24.6 Å². The van der Waals surface area contributed by atoms with E-state index in [1.165, 1.54) is 0 Å². The number of aryl methyl sites for hydroxylation is 1. The van der Waals surface area contributed by atoms with Crippen molar-refractivity contribution < 1.29 is 9.53 Å². The Balaban J connectivity index is 1.61. The molecule has 0 bridgehead atoms. The third kappa shape index (κ3) is 2.56. The minimum absolute atomic E-state index is 0.0594. The van der Waals surface area contributed by atoms with Crippen molar-refractivity contribution in [1.29, 1.82) is 0 Å². The molecule has 1 N–H and O–H groups in total. The van der Waals surface area contributed by atoms with Gasteiger partial charge in [0.25, 0.3) is 0 Å². The highest BCUT2D eigenvalue weighted by Crippen LogP contribution is 2.23. The van der Waals surface area contributed by atoms with Gasteiger partial charge >= 0.3 is 0 Å². The van der Waals surface area contributed by atoms with Crippen LogP contribution < -0.4 is 0 Å². The number of carbonyl (C=O) groups excluding carboxylic acids is 1. The van der Waals surface area contributed by atoms with E-state index in [1.807, 2.05) is 46.7 Å². The van der Waals surface area contributed by atoms with Crippen molar-refractivity contribution in [3.05, 3.63) is 48.0 Å². The van der Waals surface area contributed by atoms with Crippen molar-refractivity contribution in [3.63, 3.8) is 0 Å². The molecular formula is C17H19N5O2. The molecule has 3 heterocycles. The third-order valence-corrected chi connectivity index (χ3v) is 4.47. The molecule has 7 heteroatoms. The number of nitrogens with zero attached hydrogens (tertiary/aromatic N) is 4. The van der Waals surface area contributed by atoms with E-state index in [9.17, 15) is 4.79 Å².